The Hall–Kier alpha value is -1.06. The first-order valence-corrected chi connectivity index (χ1v) is 6.36. The molecule has 4 heteroatoms. The zero-order chi connectivity index (χ0) is 12.1. The van der Waals surface area contributed by atoms with Crippen LogP contribution in [0, 0.1) is 0 Å². The van der Waals surface area contributed by atoms with Crippen LogP contribution in [0.3, 0.4) is 0 Å². The van der Waals surface area contributed by atoms with Gasteiger partial charge >= 0.3 is 0 Å². The Balaban J connectivity index is 0.00000162. The largest absolute Gasteiger partial charge is 0.351 e. The van der Waals surface area contributed by atoms with Crippen molar-refractivity contribution in [3.05, 3.63) is 34.9 Å². The molecule has 0 spiro atoms. The fraction of sp³-hybridized carbons (Fsp3) is 0.500. The number of amides is 1. The van der Waals surface area contributed by atoms with Gasteiger partial charge in [-0.1, -0.05) is 6.07 Å². The molecule has 0 atom stereocenters. The summed E-state index contributed by atoms with van der Waals surface area (Å²) < 4.78 is 0. The van der Waals surface area contributed by atoms with Crippen molar-refractivity contribution in [2.45, 2.75) is 25.7 Å². The molecule has 0 aliphatic heterocycles. The normalized spacial score (nSPS) is 13.4. The number of rotatable bonds is 4. The molecule has 0 aromatic heterocycles. The third-order valence-corrected chi connectivity index (χ3v) is 3.27. The summed E-state index contributed by atoms with van der Waals surface area (Å²) in [6, 6.07) is 6.11. The summed E-state index contributed by atoms with van der Waals surface area (Å²) in [5, 5.41) is 5.91. The second kappa shape index (κ2) is 7.39. The number of nitrogens with one attached hydrogen (secondary N) is 2. The molecule has 0 fully saturated rings. The number of hydrogen-bond donors (Lipinski definition) is 2. The van der Waals surface area contributed by atoms with Gasteiger partial charge in [0.15, 0.2) is 0 Å². The van der Waals surface area contributed by atoms with Gasteiger partial charge in [0.1, 0.15) is 0 Å². The van der Waals surface area contributed by atoms with Crippen LogP contribution in [-0.2, 0) is 12.8 Å². The molecular formula is C14H21ClN2O. The molecule has 1 amide bonds. The maximum Gasteiger partial charge on any atom is 0.251 e. The summed E-state index contributed by atoms with van der Waals surface area (Å²) in [4.78, 5) is 11.9. The predicted molar refractivity (Wildman–Crippen MR) is 76.6 cm³/mol. The van der Waals surface area contributed by atoms with Crippen molar-refractivity contribution in [3.63, 3.8) is 0 Å². The molecule has 0 unspecified atom stereocenters. The van der Waals surface area contributed by atoms with E-state index in [1.807, 2.05) is 13.1 Å². The third kappa shape index (κ3) is 3.72. The summed E-state index contributed by atoms with van der Waals surface area (Å²) in [6.07, 6.45) is 4.81. The molecule has 0 saturated heterocycles. The van der Waals surface area contributed by atoms with E-state index in [2.05, 4.69) is 22.8 Å². The van der Waals surface area contributed by atoms with Crippen LogP contribution in [-0.4, -0.2) is 26.0 Å². The van der Waals surface area contributed by atoms with E-state index < -0.39 is 0 Å². The van der Waals surface area contributed by atoms with Gasteiger partial charge in [-0.15, -0.1) is 12.4 Å². The van der Waals surface area contributed by atoms with Crippen LogP contribution < -0.4 is 10.6 Å². The van der Waals surface area contributed by atoms with Crippen molar-refractivity contribution in [3.8, 4) is 0 Å². The Labute approximate surface area is 115 Å². The van der Waals surface area contributed by atoms with E-state index in [1.54, 1.807) is 0 Å². The molecule has 0 bridgehead atoms. The van der Waals surface area contributed by atoms with Gasteiger partial charge < -0.3 is 10.6 Å². The van der Waals surface area contributed by atoms with Crippen LogP contribution >= 0.6 is 12.4 Å². The SMILES string of the molecule is CNCCNC(=O)c1ccc2c(c1)CCCC2.Cl. The second-order valence-electron chi connectivity index (χ2n) is 4.55. The van der Waals surface area contributed by atoms with Crippen LogP contribution in [0.5, 0.6) is 0 Å². The lowest BCUT2D eigenvalue weighted by Crippen LogP contribution is -2.30. The Bertz CT molecular complexity index is 407. The Morgan fingerprint density at radius 3 is 2.61 bits per heavy atom. The topological polar surface area (TPSA) is 41.1 Å². The first kappa shape index (κ1) is 15.0. The molecule has 2 rings (SSSR count). The molecule has 100 valence electrons. The van der Waals surface area contributed by atoms with E-state index in [-0.39, 0.29) is 18.3 Å². The summed E-state index contributed by atoms with van der Waals surface area (Å²) in [6.45, 7) is 1.48. The van der Waals surface area contributed by atoms with Crippen molar-refractivity contribution < 1.29 is 4.79 Å². The van der Waals surface area contributed by atoms with Gasteiger partial charge in [-0.2, -0.15) is 0 Å². The number of likely N-dealkylation sites (N-methyl/N-ethyl adjacent to an activating group) is 1. The second-order valence-corrected chi connectivity index (χ2v) is 4.55. The zero-order valence-electron chi connectivity index (χ0n) is 10.8. The minimum absolute atomic E-state index is 0. The highest BCUT2D eigenvalue weighted by Gasteiger charge is 2.12. The number of carbonyl (C=O) groups excluding carboxylic acids is 1. The number of hydrogen-bond acceptors (Lipinski definition) is 2. The molecule has 1 aliphatic carbocycles. The van der Waals surface area contributed by atoms with Gasteiger partial charge in [0, 0.05) is 18.7 Å². The average Bonchev–Trinajstić information content (AvgIpc) is 2.38. The molecule has 1 aromatic rings. The fourth-order valence-corrected chi connectivity index (χ4v) is 2.28. The molecule has 2 N–H and O–H groups in total. The van der Waals surface area contributed by atoms with Gasteiger partial charge in [-0.3, -0.25) is 4.79 Å². The Morgan fingerprint density at radius 1 is 1.17 bits per heavy atom. The lowest BCUT2D eigenvalue weighted by Gasteiger charge is -2.16. The summed E-state index contributed by atoms with van der Waals surface area (Å²) >= 11 is 0. The van der Waals surface area contributed by atoms with E-state index in [0.717, 1.165) is 24.9 Å². The standard InChI is InChI=1S/C14H20N2O.ClH/c1-15-8-9-16-14(17)13-7-6-11-4-2-3-5-12(11)10-13;/h6-7,10,15H,2-5,8-9H2,1H3,(H,16,17);1H. The van der Waals surface area contributed by atoms with Crippen LogP contribution in [0.1, 0.15) is 34.3 Å². The van der Waals surface area contributed by atoms with Gasteiger partial charge in [-0.05, 0) is 56.0 Å². The van der Waals surface area contributed by atoms with Crippen molar-refractivity contribution in [1.82, 2.24) is 10.6 Å². The van der Waals surface area contributed by atoms with Crippen molar-refractivity contribution in [2.24, 2.45) is 0 Å². The van der Waals surface area contributed by atoms with Gasteiger partial charge in [-0.25, -0.2) is 0 Å². The molecule has 0 saturated carbocycles. The fourth-order valence-electron chi connectivity index (χ4n) is 2.28. The first-order valence-electron chi connectivity index (χ1n) is 6.36. The highest BCUT2D eigenvalue weighted by atomic mass is 35.5. The molecule has 0 radical (unpaired) electrons. The lowest BCUT2D eigenvalue weighted by molar-refractivity contribution is 0.0954. The Morgan fingerprint density at radius 2 is 1.89 bits per heavy atom. The number of benzene rings is 1. The maximum absolute atomic E-state index is 11.9. The third-order valence-electron chi connectivity index (χ3n) is 3.27. The molecule has 18 heavy (non-hydrogen) atoms. The monoisotopic (exact) mass is 268 g/mol. The average molecular weight is 269 g/mol. The van der Waals surface area contributed by atoms with Gasteiger partial charge in [0.25, 0.3) is 5.91 Å². The molecular weight excluding hydrogens is 248 g/mol. The van der Waals surface area contributed by atoms with Crippen molar-refractivity contribution in [1.29, 1.82) is 0 Å². The molecule has 1 aliphatic rings. The molecule has 1 aromatic carbocycles. The lowest BCUT2D eigenvalue weighted by atomic mass is 9.90. The van der Waals surface area contributed by atoms with E-state index in [0.29, 0.717) is 6.54 Å². The van der Waals surface area contributed by atoms with E-state index in [4.69, 9.17) is 0 Å². The first-order chi connectivity index (χ1) is 8.31. The maximum atomic E-state index is 11.9. The zero-order valence-corrected chi connectivity index (χ0v) is 11.6. The predicted octanol–water partition coefficient (Wildman–Crippen LogP) is 1.94. The van der Waals surface area contributed by atoms with Crippen molar-refractivity contribution >= 4 is 18.3 Å². The van der Waals surface area contributed by atoms with Crippen LogP contribution in [0.15, 0.2) is 18.2 Å². The van der Waals surface area contributed by atoms with E-state index >= 15 is 0 Å². The van der Waals surface area contributed by atoms with Crippen LogP contribution in [0.2, 0.25) is 0 Å². The highest BCUT2D eigenvalue weighted by Crippen LogP contribution is 2.22. The van der Waals surface area contributed by atoms with Crippen LogP contribution in [0.4, 0.5) is 0 Å². The highest BCUT2D eigenvalue weighted by molar-refractivity contribution is 5.94. The molecule has 0 heterocycles. The summed E-state index contributed by atoms with van der Waals surface area (Å²) in [7, 11) is 1.88. The number of aryl methyl sites for hydroxylation is 2. The number of halogens is 1. The molecule has 3 nitrogen and oxygen atoms in total. The number of fused-ring (bicyclic) bond motifs is 1. The minimum Gasteiger partial charge on any atom is -0.351 e. The van der Waals surface area contributed by atoms with E-state index in [1.165, 1.54) is 24.0 Å². The van der Waals surface area contributed by atoms with E-state index in [9.17, 15) is 4.79 Å². The minimum atomic E-state index is 0. The van der Waals surface area contributed by atoms with Crippen molar-refractivity contribution in [2.75, 3.05) is 20.1 Å². The van der Waals surface area contributed by atoms with Gasteiger partial charge in [0.2, 0.25) is 0 Å². The smallest absolute Gasteiger partial charge is 0.251 e. The van der Waals surface area contributed by atoms with Crippen LogP contribution in [0.25, 0.3) is 0 Å². The quantitative estimate of drug-likeness (QED) is 0.820. The van der Waals surface area contributed by atoms with Gasteiger partial charge in [0.05, 0.1) is 0 Å². The Kier molecular flexibility index (Phi) is 6.16. The number of carbonyl (C=O) groups is 1. The summed E-state index contributed by atoms with van der Waals surface area (Å²) in [5.41, 5.74) is 3.57. The summed E-state index contributed by atoms with van der Waals surface area (Å²) in [5.74, 6) is 0.0358.